The summed E-state index contributed by atoms with van der Waals surface area (Å²) < 4.78 is 5.51. The number of aliphatic hydroxyl groups is 2. The Hall–Kier alpha value is -1.66. The van der Waals surface area contributed by atoms with Gasteiger partial charge in [0.2, 0.25) is 5.91 Å². The molecule has 0 aromatic carbocycles. The standard InChI is InChI=1S/C78H151NO5/c1-3-5-7-9-11-13-15-17-42-46-50-54-58-62-66-70-76(81)75(74-80)79-77(82)71-67-63-59-55-51-47-44-40-38-36-34-32-30-28-26-24-22-20-19-21-23-25-27-29-31-33-35-37-39-41-45-49-53-57-61-65-69-73-84-78(83)72-68-64-60-56-52-48-43-18-16-14-12-10-8-6-4-2/h19,21,66,70,75-76,80-81H,3-18,20,22-65,67-69,71-74H2,1-2H3,(H,79,82)/b21-19-,70-66+. The van der Waals surface area contributed by atoms with E-state index in [1.165, 1.54) is 372 Å². The Morgan fingerprint density at radius 1 is 0.321 bits per heavy atom. The smallest absolute Gasteiger partial charge is 0.305 e. The first kappa shape index (κ1) is 82.3. The van der Waals surface area contributed by atoms with Crippen LogP contribution in [0.5, 0.6) is 0 Å². The van der Waals surface area contributed by atoms with Crippen LogP contribution in [-0.2, 0) is 14.3 Å². The van der Waals surface area contributed by atoms with Crippen LogP contribution in [-0.4, -0.2) is 47.4 Å². The highest BCUT2D eigenvalue weighted by Crippen LogP contribution is 2.20. The summed E-state index contributed by atoms with van der Waals surface area (Å²) in [5, 5.41) is 23.2. The molecule has 0 aromatic heterocycles. The van der Waals surface area contributed by atoms with Gasteiger partial charge in [-0.3, -0.25) is 9.59 Å². The lowest BCUT2D eigenvalue weighted by Gasteiger charge is -2.20. The summed E-state index contributed by atoms with van der Waals surface area (Å²) >= 11 is 0. The van der Waals surface area contributed by atoms with Gasteiger partial charge in [0.05, 0.1) is 25.4 Å². The molecule has 6 nitrogen and oxygen atoms in total. The van der Waals surface area contributed by atoms with Crippen LogP contribution < -0.4 is 5.32 Å². The number of ether oxygens (including phenoxy) is 1. The van der Waals surface area contributed by atoms with Crippen LogP contribution >= 0.6 is 0 Å². The summed E-state index contributed by atoms with van der Waals surface area (Å²) in [5.74, 6) is -0.0361. The molecule has 0 radical (unpaired) electrons. The molecule has 0 saturated heterocycles. The summed E-state index contributed by atoms with van der Waals surface area (Å²) in [6, 6.07) is -0.624. The fraction of sp³-hybridized carbons (Fsp3) is 0.923. The van der Waals surface area contributed by atoms with E-state index in [4.69, 9.17) is 4.74 Å². The summed E-state index contributed by atoms with van der Waals surface area (Å²) in [6.45, 7) is 4.95. The molecule has 6 heteroatoms. The molecular weight excluding hydrogens is 1030 g/mol. The van der Waals surface area contributed by atoms with Crippen molar-refractivity contribution in [2.75, 3.05) is 13.2 Å². The van der Waals surface area contributed by atoms with Crippen LogP contribution in [0.4, 0.5) is 0 Å². The molecule has 0 aromatic rings. The van der Waals surface area contributed by atoms with E-state index in [0.717, 1.165) is 38.5 Å². The zero-order chi connectivity index (χ0) is 60.6. The van der Waals surface area contributed by atoms with E-state index in [9.17, 15) is 19.8 Å². The predicted molar refractivity (Wildman–Crippen MR) is 370 cm³/mol. The highest BCUT2D eigenvalue weighted by atomic mass is 16.5. The maximum atomic E-state index is 12.5. The number of hydrogen-bond acceptors (Lipinski definition) is 5. The first-order valence-electron chi connectivity index (χ1n) is 38.6. The van der Waals surface area contributed by atoms with Gasteiger partial charge in [0.15, 0.2) is 0 Å². The van der Waals surface area contributed by atoms with Gasteiger partial charge in [-0.25, -0.2) is 0 Å². The SMILES string of the molecule is CCCCCCCCCCCCCCC/C=C/C(O)C(CO)NC(=O)CCCCCCCCCCCCCCCCCCC/C=C\CCCCCCCCCCCCCCCCCCOC(=O)CCCCCCCCCCCCCCCCC. The zero-order valence-corrected chi connectivity index (χ0v) is 57.2. The molecule has 0 saturated carbocycles. The minimum Gasteiger partial charge on any atom is -0.466 e. The molecule has 1 amide bonds. The first-order valence-corrected chi connectivity index (χ1v) is 38.6. The van der Waals surface area contributed by atoms with E-state index in [0.29, 0.717) is 19.4 Å². The van der Waals surface area contributed by atoms with Gasteiger partial charge in [-0.05, 0) is 57.8 Å². The number of nitrogens with one attached hydrogen (secondary N) is 1. The van der Waals surface area contributed by atoms with Crippen molar-refractivity contribution >= 4 is 11.9 Å². The van der Waals surface area contributed by atoms with Crippen molar-refractivity contribution in [2.45, 2.75) is 450 Å². The first-order chi connectivity index (χ1) is 41.5. The predicted octanol–water partition coefficient (Wildman–Crippen LogP) is 25.3. The second kappa shape index (κ2) is 73.8. The molecule has 0 aliphatic rings. The Balaban J connectivity index is 3.33. The third-order valence-corrected chi connectivity index (χ3v) is 18.2. The minimum atomic E-state index is -0.841. The quantitative estimate of drug-likeness (QED) is 0.0320. The average Bonchev–Trinajstić information content (AvgIpc) is 3.53. The van der Waals surface area contributed by atoms with Gasteiger partial charge in [0.1, 0.15) is 0 Å². The molecule has 0 fully saturated rings. The Morgan fingerprint density at radius 2 is 0.560 bits per heavy atom. The van der Waals surface area contributed by atoms with Gasteiger partial charge < -0.3 is 20.3 Å². The molecule has 84 heavy (non-hydrogen) atoms. The number of amides is 1. The van der Waals surface area contributed by atoms with Crippen molar-refractivity contribution in [3.05, 3.63) is 24.3 Å². The maximum absolute atomic E-state index is 12.5. The number of allylic oxidation sites excluding steroid dienone is 3. The topological polar surface area (TPSA) is 95.9 Å². The van der Waals surface area contributed by atoms with E-state index in [1.807, 2.05) is 6.08 Å². The van der Waals surface area contributed by atoms with Crippen LogP contribution in [0.25, 0.3) is 0 Å². The number of aliphatic hydroxyl groups excluding tert-OH is 2. The molecule has 0 bridgehead atoms. The highest BCUT2D eigenvalue weighted by molar-refractivity contribution is 5.76. The van der Waals surface area contributed by atoms with E-state index in [1.54, 1.807) is 6.08 Å². The van der Waals surface area contributed by atoms with Crippen LogP contribution in [0.1, 0.15) is 438 Å². The number of carbonyl (C=O) groups excluding carboxylic acids is 2. The van der Waals surface area contributed by atoms with Crippen molar-refractivity contribution in [1.29, 1.82) is 0 Å². The van der Waals surface area contributed by atoms with E-state index in [-0.39, 0.29) is 18.5 Å². The van der Waals surface area contributed by atoms with E-state index in [2.05, 4.69) is 31.3 Å². The summed E-state index contributed by atoms with van der Waals surface area (Å²) in [4.78, 5) is 24.6. The fourth-order valence-corrected chi connectivity index (χ4v) is 12.3. The van der Waals surface area contributed by atoms with Crippen molar-refractivity contribution in [2.24, 2.45) is 0 Å². The zero-order valence-electron chi connectivity index (χ0n) is 57.2. The molecule has 0 heterocycles. The molecular formula is C78H151NO5. The van der Waals surface area contributed by atoms with Crippen molar-refractivity contribution in [3.63, 3.8) is 0 Å². The summed E-state index contributed by atoms with van der Waals surface area (Å²) in [6.07, 6.45) is 94.4. The van der Waals surface area contributed by atoms with Gasteiger partial charge in [-0.1, -0.05) is 391 Å². The molecule has 2 atom stereocenters. The number of esters is 1. The van der Waals surface area contributed by atoms with Gasteiger partial charge in [0, 0.05) is 12.8 Å². The number of unbranched alkanes of at least 4 members (excludes halogenated alkanes) is 60. The number of rotatable bonds is 73. The van der Waals surface area contributed by atoms with Crippen molar-refractivity contribution < 1.29 is 24.5 Å². The van der Waals surface area contributed by atoms with E-state index >= 15 is 0 Å². The number of carbonyl (C=O) groups is 2. The molecule has 0 spiro atoms. The molecule has 0 aliphatic carbocycles. The lowest BCUT2D eigenvalue weighted by atomic mass is 10.0. The van der Waals surface area contributed by atoms with Crippen LogP contribution in [0.15, 0.2) is 24.3 Å². The van der Waals surface area contributed by atoms with Crippen molar-refractivity contribution in [1.82, 2.24) is 5.32 Å². The van der Waals surface area contributed by atoms with E-state index < -0.39 is 12.1 Å². The Morgan fingerprint density at radius 3 is 0.845 bits per heavy atom. The summed E-state index contributed by atoms with van der Waals surface area (Å²) in [7, 11) is 0. The van der Waals surface area contributed by atoms with Gasteiger partial charge in [0.25, 0.3) is 0 Å². The average molecular weight is 1180 g/mol. The normalized spacial score (nSPS) is 12.6. The lowest BCUT2D eigenvalue weighted by Crippen LogP contribution is -2.45. The minimum absolute atomic E-state index is 0.0250. The highest BCUT2D eigenvalue weighted by Gasteiger charge is 2.18. The summed E-state index contributed by atoms with van der Waals surface area (Å²) in [5.41, 5.74) is 0. The molecule has 0 rings (SSSR count). The Labute approximate surface area is 526 Å². The second-order valence-corrected chi connectivity index (χ2v) is 26.7. The Kier molecular flexibility index (Phi) is 72.3. The van der Waals surface area contributed by atoms with Crippen molar-refractivity contribution in [3.8, 4) is 0 Å². The van der Waals surface area contributed by atoms with Crippen LogP contribution in [0.3, 0.4) is 0 Å². The third-order valence-electron chi connectivity index (χ3n) is 18.2. The monoisotopic (exact) mass is 1180 g/mol. The second-order valence-electron chi connectivity index (χ2n) is 26.7. The Bertz CT molecular complexity index is 1320. The van der Waals surface area contributed by atoms with Crippen LogP contribution in [0.2, 0.25) is 0 Å². The molecule has 2 unspecified atom stereocenters. The van der Waals surface area contributed by atoms with Gasteiger partial charge in [-0.2, -0.15) is 0 Å². The molecule has 498 valence electrons. The maximum Gasteiger partial charge on any atom is 0.305 e. The molecule has 3 N–H and O–H groups in total. The largest absolute Gasteiger partial charge is 0.466 e. The number of hydrogen-bond donors (Lipinski definition) is 3. The van der Waals surface area contributed by atoms with Gasteiger partial charge >= 0.3 is 5.97 Å². The third kappa shape index (κ3) is 69.4. The fourth-order valence-electron chi connectivity index (χ4n) is 12.3. The molecule has 0 aliphatic heterocycles. The van der Waals surface area contributed by atoms with Crippen LogP contribution in [0, 0.1) is 0 Å². The lowest BCUT2D eigenvalue weighted by molar-refractivity contribution is -0.143. The van der Waals surface area contributed by atoms with Gasteiger partial charge in [-0.15, -0.1) is 0 Å².